The lowest BCUT2D eigenvalue weighted by Gasteiger charge is -2.32. The topological polar surface area (TPSA) is 62.3 Å². The van der Waals surface area contributed by atoms with Gasteiger partial charge in [-0.15, -0.1) is 0 Å². The average Bonchev–Trinajstić information content (AvgIpc) is 2.93. The van der Waals surface area contributed by atoms with Crippen molar-refractivity contribution < 1.29 is 9.59 Å². The molecular weight excluding hydrogens is 470 g/mol. The molecule has 1 heterocycles. The van der Waals surface area contributed by atoms with Gasteiger partial charge < -0.3 is 10.2 Å². The summed E-state index contributed by atoms with van der Waals surface area (Å²) in [5.41, 5.74) is 3.61. The van der Waals surface area contributed by atoms with Crippen molar-refractivity contribution in [2.45, 2.75) is 32.0 Å². The van der Waals surface area contributed by atoms with E-state index in [9.17, 15) is 9.59 Å². The van der Waals surface area contributed by atoms with Gasteiger partial charge in [-0.1, -0.05) is 90.5 Å². The molecule has 3 aromatic carbocycles. The molecule has 6 heteroatoms. The van der Waals surface area contributed by atoms with E-state index < -0.39 is 6.04 Å². The van der Waals surface area contributed by atoms with Crippen LogP contribution < -0.4 is 5.32 Å². The molecule has 1 atom stereocenters. The normalized spacial score (nSPS) is 11.5. The maximum atomic E-state index is 13.7. The quantitative estimate of drug-likeness (QED) is 0.303. The molecule has 2 amide bonds. The Labute approximate surface area is 216 Å². The van der Waals surface area contributed by atoms with Crippen LogP contribution in [0, 0.1) is 0 Å². The number of benzene rings is 3. The molecule has 36 heavy (non-hydrogen) atoms. The fraction of sp³-hybridized carbons (Fsp3) is 0.167. The van der Waals surface area contributed by atoms with Gasteiger partial charge in [-0.05, 0) is 46.9 Å². The molecule has 182 valence electrons. The molecule has 4 aromatic rings. The van der Waals surface area contributed by atoms with Crippen molar-refractivity contribution in [3.63, 3.8) is 0 Å². The smallest absolute Gasteiger partial charge is 0.247 e. The van der Waals surface area contributed by atoms with Crippen LogP contribution in [0.5, 0.6) is 0 Å². The summed E-state index contributed by atoms with van der Waals surface area (Å²) < 4.78 is 0. The molecule has 0 saturated carbocycles. The number of pyridine rings is 1. The Bertz CT molecular complexity index is 1250. The Hall–Kier alpha value is -3.96. The van der Waals surface area contributed by atoms with E-state index >= 15 is 0 Å². The number of carbonyl (C=O) groups excluding carboxylic acids is 2. The van der Waals surface area contributed by atoms with Gasteiger partial charge >= 0.3 is 0 Å². The van der Waals surface area contributed by atoms with Gasteiger partial charge in [0.05, 0.1) is 0 Å². The maximum Gasteiger partial charge on any atom is 0.247 e. The third kappa shape index (κ3) is 7.03. The summed E-state index contributed by atoms with van der Waals surface area (Å²) in [4.78, 5) is 33.1. The molecule has 1 unspecified atom stereocenters. The number of aryl methyl sites for hydroxylation is 1. The highest BCUT2D eigenvalue weighted by Crippen LogP contribution is 2.26. The van der Waals surface area contributed by atoms with Crippen LogP contribution in [-0.4, -0.2) is 21.7 Å². The first-order chi connectivity index (χ1) is 17.6. The molecule has 0 aliphatic carbocycles. The van der Waals surface area contributed by atoms with Crippen molar-refractivity contribution in [1.29, 1.82) is 0 Å². The predicted molar refractivity (Wildman–Crippen MR) is 142 cm³/mol. The van der Waals surface area contributed by atoms with Crippen molar-refractivity contribution in [2.24, 2.45) is 0 Å². The van der Waals surface area contributed by atoms with Crippen molar-refractivity contribution in [2.75, 3.05) is 0 Å². The van der Waals surface area contributed by atoms with Crippen molar-refractivity contribution in [3.05, 3.63) is 137 Å². The Balaban J connectivity index is 1.62. The molecule has 1 aromatic heterocycles. The summed E-state index contributed by atoms with van der Waals surface area (Å²) >= 11 is 6.09. The second-order valence-electron chi connectivity index (χ2n) is 8.53. The largest absolute Gasteiger partial charge is 0.350 e. The van der Waals surface area contributed by atoms with Crippen LogP contribution in [0.1, 0.15) is 34.7 Å². The number of hydrogen-bond acceptors (Lipinski definition) is 3. The minimum atomic E-state index is -0.790. The predicted octanol–water partition coefficient (Wildman–Crippen LogP) is 5.75. The van der Waals surface area contributed by atoms with Crippen molar-refractivity contribution in [1.82, 2.24) is 15.2 Å². The molecule has 0 spiro atoms. The highest BCUT2D eigenvalue weighted by Gasteiger charge is 2.31. The Kier molecular flexibility index (Phi) is 8.84. The van der Waals surface area contributed by atoms with Gasteiger partial charge in [-0.2, -0.15) is 0 Å². The van der Waals surface area contributed by atoms with E-state index in [1.807, 2.05) is 84.9 Å². The lowest BCUT2D eigenvalue weighted by atomic mass is 10.0. The Morgan fingerprint density at radius 1 is 0.806 bits per heavy atom. The molecular formula is C30H28ClN3O2. The Morgan fingerprint density at radius 2 is 1.47 bits per heavy atom. The van der Waals surface area contributed by atoms with Crippen molar-refractivity contribution in [3.8, 4) is 0 Å². The third-order valence-corrected chi connectivity index (χ3v) is 6.17. The van der Waals surface area contributed by atoms with Gasteiger partial charge in [0.15, 0.2) is 0 Å². The molecule has 0 aliphatic rings. The second-order valence-corrected chi connectivity index (χ2v) is 8.96. The molecule has 0 fully saturated rings. The van der Waals surface area contributed by atoms with Crippen LogP contribution in [0.4, 0.5) is 0 Å². The van der Waals surface area contributed by atoms with E-state index in [0.717, 1.165) is 22.3 Å². The van der Waals surface area contributed by atoms with E-state index in [-0.39, 0.29) is 24.8 Å². The number of hydrogen-bond donors (Lipinski definition) is 1. The second kappa shape index (κ2) is 12.7. The lowest BCUT2D eigenvalue weighted by molar-refractivity contribution is -0.141. The Morgan fingerprint density at radius 3 is 2.14 bits per heavy atom. The minimum Gasteiger partial charge on any atom is -0.350 e. The number of nitrogens with one attached hydrogen (secondary N) is 1. The third-order valence-electron chi connectivity index (χ3n) is 5.92. The lowest BCUT2D eigenvalue weighted by Crippen LogP contribution is -2.43. The number of nitrogens with zero attached hydrogens (tertiary/aromatic N) is 2. The van der Waals surface area contributed by atoms with Crippen LogP contribution in [-0.2, 0) is 29.1 Å². The SMILES string of the molecule is O=C(NCc1cccnc1)C(c1ccccc1)N(Cc1ccc(Cl)cc1)C(=O)CCc1ccccc1. The fourth-order valence-corrected chi connectivity index (χ4v) is 4.17. The van der Waals surface area contributed by atoms with Gasteiger partial charge in [0.25, 0.3) is 0 Å². The van der Waals surface area contributed by atoms with Crippen LogP contribution >= 0.6 is 11.6 Å². The summed E-state index contributed by atoms with van der Waals surface area (Å²) in [7, 11) is 0. The summed E-state index contributed by atoms with van der Waals surface area (Å²) in [6.07, 6.45) is 4.29. The standard InChI is InChI=1S/C30H28ClN3O2/c31-27-16-13-24(14-17-27)22-34(28(35)18-15-23-8-3-1-4-9-23)29(26-11-5-2-6-12-26)30(36)33-21-25-10-7-19-32-20-25/h1-14,16-17,19-20,29H,15,18,21-22H2,(H,33,36). The summed E-state index contributed by atoms with van der Waals surface area (Å²) in [5.74, 6) is -0.341. The van der Waals surface area contributed by atoms with Crippen molar-refractivity contribution >= 4 is 23.4 Å². The maximum absolute atomic E-state index is 13.7. The first-order valence-corrected chi connectivity index (χ1v) is 12.3. The average molecular weight is 498 g/mol. The number of aromatic nitrogens is 1. The van der Waals surface area contributed by atoms with Crippen LogP contribution in [0.25, 0.3) is 0 Å². The number of amides is 2. The van der Waals surface area contributed by atoms with E-state index in [2.05, 4.69) is 10.3 Å². The molecule has 5 nitrogen and oxygen atoms in total. The van der Waals surface area contributed by atoms with Gasteiger partial charge in [-0.3, -0.25) is 14.6 Å². The van der Waals surface area contributed by atoms with Gasteiger partial charge in [-0.25, -0.2) is 0 Å². The number of carbonyl (C=O) groups is 2. The van der Waals surface area contributed by atoms with Crippen LogP contribution in [0.15, 0.2) is 109 Å². The van der Waals surface area contributed by atoms with Crippen LogP contribution in [0.3, 0.4) is 0 Å². The van der Waals surface area contributed by atoms with Crippen LogP contribution in [0.2, 0.25) is 5.02 Å². The molecule has 1 N–H and O–H groups in total. The zero-order valence-corrected chi connectivity index (χ0v) is 20.6. The van der Waals surface area contributed by atoms with E-state index in [1.165, 1.54) is 0 Å². The first kappa shape index (κ1) is 25.1. The van der Waals surface area contributed by atoms with Gasteiger partial charge in [0, 0.05) is 36.9 Å². The highest BCUT2D eigenvalue weighted by atomic mass is 35.5. The van der Waals surface area contributed by atoms with E-state index in [4.69, 9.17) is 11.6 Å². The molecule has 0 bridgehead atoms. The summed E-state index contributed by atoms with van der Waals surface area (Å²) in [6.45, 7) is 0.605. The highest BCUT2D eigenvalue weighted by molar-refractivity contribution is 6.30. The molecule has 4 rings (SSSR count). The molecule has 0 aliphatic heterocycles. The molecule has 0 radical (unpaired) electrons. The van der Waals surface area contributed by atoms with Gasteiger partial charge in [0.2, 0.25) is 11.8 Å². The van der Waals surface area contributed by atoms with E-state index in [0.29, 0.717) is 18.0 Å². The number of halogens is 1. The minimum absolute atomic E-state index is 0.0980. The zero-order valence-electron chi connectivity index (χ0n) is 19.9. The molecule has 0 saturated heterocycles. The monoisotopic (exact) mass is 497 g/mol. The first-order valence-electron chi connectivity index (χ1n) is 11.9. The number of rotatable bonds is 10. The summed E-state index contributed by atoms with van der Waals surface area (Å²) in [6, 6.07) is 29.6. The van der Waals surface area contributed by atoms with Gasteiger partial charge in [0.1, 0.15) is 6.04 Å². The van der Waals surface area contributed by atoms with E-state index in [1.54, 1.807) is 29.4 Å². The summed E-state index contributed by atoms with van der Waals surface area (Å²) in [5, 5.41) is 3.63. The fourth-order valence-electron chi connectivity index (χ4n) is 4.05. The zero-order chi connectivity index (χ0) is 25.2.